The number of amides is 4. The van der Waals surface area contributed by atoms with Crippen LogP contribution in [-0.2, 0) is 19.2 Å². The van der Waals surface area contributed by atoms with E-state index in [2.05, 4.69) is 27.5 Å². The highest BCUT2D eigenvalue weighted by atomic mass is 16.2. The molecule has 3 saturated heterocycles. The number of benzene rings is 1. The Bertz CT molecular complexity index is 1220. The summed E-state index contributed by atoms with van der Waals surface area (Å²) in [5, 5.41) is 5.77. The molecule has 3 unspecified atom stereocenters. The molecule has 4 aliphatic rings. The van der Waals surface area contributed by atoms with Crippen molar-refractivity contribution < 1.29 is 24.0 Å². The molecule has 0 aromatic heterocycles. The van der Waals surface area contributed by atoms with Crippen molar-refractivity contribution in [1.82, 2.24) is 25.3 Å². The van der Waals surface area contributed by atoms with Gasteiger partial charge in [-0.25, -0.2) is 0 Å². The number of fused-ring (bicyclic) bond motifs is 1. The molecular formula is C31H44N6O5. The van der Waals surface area contributed by atoms with E-state index in [1.165, 1.54) is 6.92 Å². The number of rotatable bonds is 8. The minimum absolute atomic E-state index is 0.0693. The molecule has 3 heterocycles. The fraction of sp³-hybridized carbons (Fsp3) is 0.645. The summed E-state index contributed by atoms with van der Waals surface area (Å²) in [6, 6.07) is 5.54. The molecule has 1 aliphatic carbocycles. The van der Waals surface area contributed by atoms with Crippen LogP contribution in [0.3, 0.4) is 0 Å². The number of carbonyl (C=O) groups excluding carboxylic acids is 5. The van der Waals surface area contributed by atoms with E-state index in [4.69, 9.17) is 0 Å². The summed E-state index contributed by atoms with van der Waals surface area (Å²) in [4.78, 5) is 73.6. The minimum Gasteiger partial charge on any atom is -0.369 e. The van der Waals surface area contributed by atoms with E-state index >= 15 is 0 Å². The highest BCUT2D eigenvalue weighted by Gasteiger charge is 2.56. The van der Waals surface area contributed by atoms with Crippen LogP contribution in [0.4, 0.5) is 5.69 Å². The Hall–Kier alpha value is -3.47. The van der Waals surface area contributed by atoms with Crippen molar-refractivity contribution in [3.8, 4) is 0 Å². The maximum Gasteiger partial charge on any atom is 0.251 e. The van der Waals surface area contributed by atoms with Crippen molar-refractivity contribution >= 4 is 35.1 Å². The third kappa shape index (κ3) is 5.88. The zero-order valence-electron chi connectivity index (χ0n) is 25.2. The molecule has 228 valence electrons. The van der Waals surface area contributed by atoms with Gasteiger partial charge < -0.3 is 30.2 Å². The molecule has 11 nitrogen and oxygen atoms in total. The van der Waals surface area contributed by atoms with Crippen LogP contribution in [0.15, 0.2) is 24.3 Å². The lowest BCUT2D eigenvalue weighted by molar-refractivity contribution is -0.146. The van der Waals surface area contributed by atoms with Crippen LogP contribution in [0.2, 0.25) is 0 Å². The van der Waals surface area contributed by atoms with Gasteiger partial charge in [0.15, 0.2) is 5.78 Å². The van der Waals surface area contributed by atoms with Crippen molar-refractivity contribution in [2.75, 3.05) is 51.2 Å². The van der Waals surface area contributed by atoms with Gasteiger partial charge in [0.1, 0.15) is 17.6 Å². The van der Waals surface area contributed by atoms with E-state index < -0.39 is 23.7 Å². The molecule has 3 aliphatic heterocycles. The predicted molar refractivity (Wildman–Crippen MR) is 158 cm³/mol. The Morgan fingerprint density at radius 1 is 0.976 bits per heavy atom. The van der Waals surface area contributed by atoms with Crippen LogP contribution in [0, 0.1) is 5.92 Å². The summed E-state index contributed by atoms with van der Waals surface area (Å²) in [6.07, 6.45) is 2.85. The molecule has 3 atom stereocenters. The van der Waals surface area contributed by atoms with Gasteiger partial charge in [-0.2, -0.15) is 0 Å². The number of hydrogen-bond donors (Lipinski definition) is 2. The second-order valence-electron chi connectivity index (χ2n) is 12.8. The molecular weight excluding hydrogens is 536 g/mol. The van der Waals surface area contributed by atoms with Crippen LogP contribution < -0.4 is 15.5 Å². The van der Waals surface area contributed by atoms with Crippen molar-refractivity contribution in [3.05, 3.63) is 29.8 Å². The summed E-state index contributed by atoms with van der Waals surface area (Å²) in [5.74, 6) is -1.16. The summed E-state index contributed by atoms with van der Waals surface area (Å²) in [5.41, 5.74) is 0.594. The second-order valence-corrected chi connectivity index (χ2v) is 12.8. The molecule has 2 N–H and O–H groups in total. The average Bonchev–Trinajstić information content (AvgIpc) is 3.51. The number of nitrogens with zero attached hydrogens (tertiary/aromatic N) is 4. The zero-order valence-corrected chi connectivity index (χ0v) is 25.2. The third-order valence-corrected chi connectivity index (χ3v) is 9.31. The molecule has 1 aromatic carbocycles. The topological polar surface area (TPSA) is 122 Å². The standard InChI is InChI=1S/C31H44N6O5/c1-20(2)18-24(32-28(40)22-6-8-23(9-7-22)35-16-14-34(4)15-17-35)29(41)36-13-10-25-27(36)26(39)19-37(25)30(42)31(11-5-12-31)33-21(3)38/h6-9,20,24-25,27H,5,10-19H2,1-4H3,(H,32,40)(H,33,38). The van der Waals surface area contributed by atoms with Gasteiger partial charge in [-0.3, -0.25) is 24.0 Å². The van der Waals surface area contributed by atoms with Gasteiger partial charge in [0.2, 0.25) is 17.7 Å². The van der Waals surface area contributed by atoms with Crippen LogP contribution in [-0.4, -0.2) is 114 Å². The normalized spacial score (nSPS) is 24.3. The first kappa shape index (κ1) is 30.0. The van der Waals surface area contributed by atoms with Gasteiger partial charge >= 0.3 is 0 Å². The van der Waals surface area contributed by atoms with Gasteiger partial charge in [-0.1, -0.05) is 13.8 Å². The molecule has 42 heavy (non-hydrogen) atoms. The summed E-state index contributed by atoms with van der Waals surface area (Å²) in [7, 11) is 2.11. The van der Waals surface area contributed by atoms with E-state index in [9.17, 15) is 24.0 Å². The molecule has 1 aromatic rings. The van der Waals surface area contributed by atoms with Gasteiger partial charge in [0.05, 0.1) is 12.6 Å². The number of Topliss-reactive ketones (excluding diaryl/α,β-unsaturated/α-hetero) is 1. The number of carbonyl (C=O) groups is 5. The smallest absolute Gasteiger partial charge is 0.251 e. The number of likely N-dealkylation sites (N-methyl/N-ethyl adjacent to an activating group) is 1. The molecule has 11 heteroatoms. The molecule has 5 rings (SSSR count). The number of hydrogen-bond acceptors (Lipinski definition) is 7. The molecule has 4 amide bonds. The maximum absolute atomic E-state index is 13.9. The van der Waals surface area contributed by atoms with Gasteiger partial charge in [-0.15, -0.1) is 0 Å². The first-order valence-corrected chi connectivity index (χ1v) is 15.3. The van der Waals surface area contributed by atoms with Crippen LogP contribution >= 0.6 is 0 Å². The Morgan fingerprint density at radius 3 is 2.21 bits per heavy atom. The van der Waals surface area contributed by atoms with Crippen molar-refractivity contribution in [3.63, 3.8) is 0 Å². The third-order valence-electron chi connectivity index (χ3n) is 9.31. The summed E-state index contributed by atoms with van der Waals surface area (Å²) in [6.45, 7) is 9.49. The maximum atomic E-state index is 13.9. The van der Waals surface area contributed by atoms with Crippen molar-refractivity contribution in [2.45, 2.75) is 76.5 Å². The lowest BCUT2D eigenvalue weighted by Gasteiger charge is -2.43. The van der Waals surface area contributed by atoms with Crippen LogP contribution in [0.25, 0.3) is 0 Å². The Morgan fingerprint density at radius 2 is 1.64 bits per heavy atom. The van der Waals surface area contributed by atoms with E-state index in [0.717, 1.165) is 38.3 Å². The van der Waals surface area contributed by atoms with Gasteiger partial charge in [-0.05, 0) is 69.3 Å². The first-order chi connectivity index (χ1) is 20.0. The minimum atomic E-state index is -0.952. The SMILES string of the molecule is CC(=O)NC1(C(=O)N2CC(=O)C3C2CCN3C(=O)C(CC(C)C)NC(=O)c2ccc(N3CCN(C)CC3)cc2)CCC1. The van der Waals surface area contributed by atoms with Crippen LogP contribution in [0.5, 0.6) is 0 Å². The number of anilines is 1. The van der Waals surface area contributed by atoms with Gasteiger partial charge in [0, 0.05) is 50.9 Å². The van der Waals surface area contributed by atoms with Crippen molar-refractivity contribution in [2.24, 2.45) is 5.92 Å². The Kier molecular flexibility index (Phi) is 8.59. The van der Waals surface area contributed by atoms with E-state index in [1.807, 2.05) is 26.0 Å². The molecule has 0 bridgehead atoms. The van der Waals surface area contributed by atoms with Crippen LogP contribution in [0.1, 0.15) is 63.2 Å². The van der Waals surface area contributed by atoms with Gasteiger partial charge in [0.25, 0.3) is 5.91 Å². The average molecular weight is 581 g/mol. The Labute approximate surface area is 247 Å². The fourth-order valence-electron chi connectivity index (χ4n) is 6.90. The number of ketones is 1. The summed E-state index contributed by atoms with van der Waals surface area (Å²) >= 11 is 0. The highest BCUT2D eigenvalue weighted by molar-refractivity contribution is 6.02. The summed E-state index contributed by atoms with van der Waals surface area (Å²) < 4.78 is 0. The van der Waals surface area contributed by atoms with E-state index in [0.29, 0.717) is 37.8 Å². The monoisotopic (exact) mass is 580 g/mol. The predicted octanol–water partition coefficient (Wildman–Crippen LogP) is 1.02. The number of likely N-dealkylation sites (tertiary alicyclic amines) is 2. The molecule has 4 fully saturated rings. The highest BCUT2D eigenvalue weighted by Crippen LogP contribution is 2.38. The van der Waals surface area contributed by atoms with E-state index in [1.54, 1.807) is 21.9 Å². The lowest BCUT2D eigenvalue weighted by atomic mass is 9.75. The zero-order chi connectivity index (χ0) is 30.2. The largest absolute Gasteiger partial charge is 0.369 e. The first-order valence-electron chi connectivity index (χ1n) is 15.3. The lowest BCUT2D eigenvalue weighted by Crippen LogP contribution is -2.64. The second kappa shape index (κ2) is 12.0. The number of nitrogens with one attached hydrogen (secondary N) is 2. The molecule has 0 spiro atoms. The quantitative estimate of drug-likeness (QED) is 0.471. The number of piperazine rings is 1. The van der Waals surface area contributed by atoms with Crippen molar-refractivity contribution in [1.29, 1.82) is 0 Å². The molecule has 1 saturated carbocycles. The van der Waals surface area contributed by atoms with E-state index in [-0.39, 0.29) is 41.9 Å². The Balaban J connectivity index is 1.26. The fourth-order valence-corrected chi connectivity index (χ4v) is 6.90. The molecule has 0 radical (unpaired) electrons.